The highest BCUT2D eigenvalue weighted by molar-refractivity contribution is 5.85. The lowest BCUT2D eigenvalue weighted by Gasteiger charge is -2.11. The number of fused-ring (bicyclic) bond motifs is 1. The van der Waals surface area contributed by atoms with Crippen molar-refractivity contribution in [3.05, 3.63) is 60.4 Å². The van der Waals surface area contributed by atoms with Crippen molar-refractivity contribution in [3.8, 4) is 5.75 Å². The first-order valence-electron chi connectivity index (χ1n) is 8.78. The van der Waals surface area contributed by atoms with Crippen LogP contribution in [0.25, 0.3) is 11.0 Å². The van der Waals surface area contributed by atoms with Crippen LogP contribution in [0.1, 0.15) is 19.2 Å². The number of carbonyl (C=O) groups is 1. The molecule has 0 aliphatic rings. The lowest BCUT2D eigenvalue weighted by molar-refractivity contribution is -0.121. The van der Waals surface area contributed by atoms with Crippen molar-refractivity contribution < 1.29 is 9.53 Å². The highest BCUT2D eigenvalue weighted by Gasteiger charge is 2.14. The lowest BCUT2D eigenvalue weighted by Crippen LogP contribution is -2.32. The zero-order valence-corrected chi connectivity index (χ0v) is 17.3. The van der Waals surface area contributed by atoms with E-state index < -0.39 is 0 Å². The van der Waals surface area contributed by atoms with Crippen LogP contribution in [0.15, 0.2) is 54.6 Å². The fraction of sp³-hybridized carbons (Fsp3) is 0.300. The quantitative estimate of drug-likeness (QED) is 0.580. The molecule has 0 radical (unpaired) electrons. The second-order valence-electron chi connectivity index (χ2n) is 6.32. The van der Waals surface area contributed by atoms with Crippen LogP contribution in [0.4, 0.5) is 0 Å². The Morgan fingerprint density at radius 1 is 1.14 bits per heavy atom. The second kappa shape index (κ2) is 11.5. The molecule has 0 spiro atoms. The van der Waals surface area contributed by atoms with Crippen molar-refractivity contribution in [2.24, 2.45) is 5.73 Å². The van der Waals surface area contributed by atoms with Crippen LogP contribution in [0, 0.1) is 0 Å². The number of halogens is 2. The summed E-state index contributed by atoms with van der Waals surface area (Å²) in [6.07, 6.45) is 0.750. The molecule has 3 aromatic rings. The lowest BCUT2D eigenvalue weighted by atomic mass is 10.2. The molecular weight excluding hydrogens is 399 g/mol. The van der Waals surface area contributed by atoms with Crippen LogP contribution in [-0.4, -0.2) is 28.0 Å². The van der Waals surface area contributed by atoms with Gasteiger partial charge in [0.25, 0.3) is 0 Å². The van der Waals surface area contributed by atoms with E-state index in [1.807, 2.05) is 66.1 Å². The fourth-order valence-electron chi connectivity index (χ4n) is 2.72. The molecule has 0 saturated heterocycles. The number of nitrogens with zero attached hydrogens (tertiary/aromatic N) is 2. The summed E-state index contributed by atoms with van der Waals surface area (Å²) >= 11 is 0. The van der Waals surface area contributed by atoms with E-state index in [1.165, 1.54) is 0 Å². The monoisotopic (exact) mass is 424 g/mol. The van der Waals surface area contributed by atoms with Gasteiger partial charge in [0.1, 0.15) is 24.7 Å². The molecule has 1 amide bonds. The minimum absolute atomic E-state index is 0. The third kappa shape index (κ3) is 6.41. The molecule has 28 heavy (non-hydrogen) atoms. The SMILES string of the molecule is CC(N)CCNC(=O)Cn1c(COc2ccccc2)nc2ccccc21.Cl.Cl. The van der Waals surface area contributed by atoms with Gasteiger partial charge in [0, 0.05) is 12.6 Å². The van der Waals surface area contributed by atoms with Gasteiger partial charge in [-0.15, -0.1) is 24.8 Å². The molecule has 1 unspecified atom stereocenters. The number of nitrogens with two attached hydrogens (primary N) is 1. The molecule has 8 heteroatoms. The summed E-state index contributed by atoms with van der Waals surface area (Å²) in [7, 11) is 0. The van der Waals surface area contributed by atoms with E-state index in [0.717, 1.165) is 29.0 Å². The van der Waals surface area contributed by atoms with Gasteiger partial charge in [-0.2, -0.15) is 0 Å². The Bertz CT molecular complexity index is 869. The predicted octanol–water partition coefficient (Wildman–Crippen LogP) is 3.31. The number of ether oxygens (including phenoxy) is 1. The summed E-state index contributed by atoms with van der Waals surface area (Å²) < 4.78 is 7.73. The highest BCUT2D eigenvalue weighted by Crippen LogP contribution is 2.18. The number of benzene rings is 2. The average Bonchev–Trinajstić information content (AvgIpc) is 2.98. The summed E-state index contributed by atoms with van der Waals surface area (Å²) in [4.78, 5) is 16.9. The summed E-state index contributed by atoms with van der Waals surface area (Å²) in [6, 6.07) is 17.4. The van der Waals surface area contributed by atoms with E-state index in [-0.39, 0.29) is 43.3 Å². The molecule has 2 aromatic carbocycles. The van der Waals surface area contributed by atoms with E-state index in [4.69, 9.17) is 10.5 Å². The number of amides is 1. The summed E-state index contributed by atoms with van der Waals surface area (Å²) in [6.45, 7) is 2.99. The Kier molecular flexibility index (Phi) is 9.79. The number of imidazole rings is 1. The number of hydrogen-bond donors (Lipinski definition) is 2. The van der Waals surface area contributed by atoms with E-state index in [0.29, 0.717) is 13.2 Å². The first-order valence-corrected chi connectivity index (χ1v) is 8.78. The molecule has 1 aromatic heterocycles. The molecule has 6 nitrogen and oxygen atoms in total. The Morgan fingerprint density at radius 2 is 1.82 bits per heavy atom. The van der Waals surface area contributed by atoms with Crippen molar-refractivity contribution in [1.29, 1.82) is 0 Å². The minimum Gasteiger partial charge on any atom is -0.486 e. The van der Waals surface area contributed by atoms with E-state index >= 15 is 0 Å². The van der Waals surface area contributed by atoms with E-state index in [2.05, 4.69) is 10.3 Å². The van der Waals surface area contributed by atoms with Gasteiger partial charge in [0.2, 0.25) is 5.91 Å². The van der Waals surface area contributed by atoms with Gasteiger partial charge in [-0.3, -0.25) is 4.79 Å². The van der Waals surface area contributed by atoms with Crippen LogP contribution >= 0.6 is 24.8 Å². The molecule has 3 rings (SSSR count). The smallest absolute Gasteiger partial charge is 0.240 e. The number of hydrogen-bond acceptors (Lipinski definition) is 4. The maximum atomic E-state index is 12.3. The Labute approximate surface area is 177 Å². The molecule has 0 aliphatic carbocycles. The maximum absolute atomic E-state index is 12.3. The van der Waals surface area contributed by atoms with Crippen LogP contribution in [-0.2, 0) is 17.9 Å². The third-order valence-corrected chi connectivity index (χ3v) is 4.07. The fourth-order valence-corrected chi connectivity index (χ4v) is 2.72. The predicted molar refractivity (Wildman–Crippen MR) is 116 cm³/mol. The number of carbonyl (C=O) groups excluding carboxylic acids is 1. The van der Waals surface area contributed by atoms with Crippen LogP contribution < -0.4 is 15.8 Å². The Balaban J connectivity index is 0.00000196. The van der Waals surface area contributed by atoms with Gasteiger partial charge in [0.05, 0.1) is 11.0 Å². The molecule has 3 N–H and O–H groups in total. The van der Waals surface area contributed by atoms with Crippen LogP contribution in [0.5, 0.6) is 5.75 Å². The summed E-state index contributed by atoms with van der Waals surface area (Å²) in [5.41, 5.74) is 7.49. The van der Waals surface area contributed by atoms with Crippen LogP contribution in [0.3, 0.4) is 0 Å². The van der Waals surface area contributed by atoms with Gasteiger partial charge < -0.3 is 20.4 Å². The van der Waals surface area contributed by atoms with Crippen LogP contribution in [0.2, 0.25) is 0 Å². The standard InChI is InChI=1S/C20H24N4O2.2ClH/c1-15(21)11-12-22-20(25)13-24-18-10-6-5-9-17(18)23-19(24)14-26-16-7-3-2-4-8-16;;/h2-10,15H,11-14,21H2,1H3,(H,22,25);2*1H. The highest BCUT2D eigenvalue weighted by atomic mass is 35.5. The molecule has 1 heterocycles. The van der Waals surface area contributed by atoms with Crippen molar-refractivity contribution in [1.82, 2.24) is 14.9 Å². The van der Waals surface area contributed by atoms with Crippen molar-refractivity contribution in [2.45, 2.75) is 32.5 Å². The van der Waals surface area contributed by atoms with Gasteiger partial charge >= 0.3 is 0 Å². The molecular formula is C20H26Cl2N4O2. The zero-order valence-electron chi connectivity index (χ0n) is 15.7. The number of rotatable bonds is 8. The Morgan fingerprint density at radius 3 is 2.54 bits per heavy atom. The first kappa shape index (κ1) is 23.8. The molecule has 0 fully saturated rings. The normalized spacial score (nSPS) is 11.2. The van der Waals surface area contributed by atoms with Crippen molar-refractivity contribution in [3.63, 3.8) is 0 Å². The zero-order chi connectivity index (χ0) is 18.4. The molecule has 0 bridgehead atoms. The van der Waals surface area contributed by atoms with Gasteiger partial charge in [-0.25, -0.2) is 4.98 Å². The number of nitrogens with one attached hydrogen (secondary N) is 1. The molecule has 1 atom stereocenters. The number of aromatic nitrogens is 2. The Hall–Kier alpha value is -2.28. The molecule has 152 valence electrons. The molecule has 0 saturated carbocycles. The van der Waals surface area contributed by atoms with E-state index in [9.17, 15) is 4.79 Å². The third-order valence-electron chi connectivity index (χ3n) is 4.07. The summed E-state index contributed by atoms with van der Waals surface area (Å²) in [5.74, 6) is 1.43. The van der Waals surface area contributed by atoms with Crippen molar-refractivity contribution >= 4 is 41.8 Å². The minimum atomic E-state index is -0.0604. The summed E-state index contributed by atoms with van der Waals surface area (Å²) in [5, 5.41) is 2.91. The number of para-hydroxylation sites is 3. The van der Waals surface area contributed by atoms with E-state index in [1.54, 1.807) is 0 Å². The van der Waals surface area contributed by atoms with Gasteiger partial charge in [-0.1, -0.05) is 30.3 Å². The maximum Gasteiger partial charge on any atom is 0.240 e. The van der Waals surface area contributed by atoms with Gasteiger partial charge in [0.15, 0.2) is 0 Å². The topological polar surface area (TPSA) is 82.2 Å². The van der Waals surface area contributed by atoms with Crippen molar-refractivity contribution in [2.75, 3.05) is 6.54 Å². The van der Waals surface area contributed by atoms with Gasteiger partial charge in [-0.05, 0) is 37.6 Å². The first-order chi connectivity index (χ1) is 12.6. The largest absolute Gasteiger partial charge is 0.486 e. The second-order valence-corrected chi connectivity index (χ2v) is 6.32. The molecule has 0 aliphatic heterocycles. The average molecular weight is 425 g/mol.